The van der Waals surface area contributed by atoms with Crippen LogP contribution in [0.2, 0.25) is 5.02 Å². The van der Waals surface area contributed by atoms with Crippen LogP contribution in [0.3, 0.4) is 0 Å². The first-order chi connectivity index (χ1) is 12.5. The molecule has 0 aliphatic heterocycles. The van der Waals surface area contributed by atoms with E-state index < -0.39 is 0 Å². The Kier molecular flexibility index (Phi) is 4.05. The third-order valence-electron chi connectivity index (χ3n) is 4.43. The molecule has 4 rings (SSSR count). The average Bonchev–Trinajstić information content (AvgIpc) is 3.06. The Hall–Kier alpha value is -2.99. The summed E-state index contributed by atoms with van der Waals surface area (Å²) in [6.45, 7) is 4.38. The summed E-state index contributed by atoms with van der Waals surface area (Å²) in [6.07, 6.45) is 1.53. The molecule has 2 heterocycles. The zero-order valence-electron chi connectivity index (χ0n) is 14.3. The number of hydrogen-bond donors (Lipinski definition) is 0. The van der Waals surface area contributed by atoms with Crippen molar-refractivity contribution in [1.29, 1.82) is 0 Å². The van der Waals surface area contributed by atoms with Crippen molar-refractivity contribution in [1.82, 2.24) is 24.5 Å². The molecule has 0 radical (unpaired) electrons. The maximum atomic E-state index is 12.8. The lowest BCUT2D eigenvalue weighted by Gasteiger charge is -2.08. The monoisotopic (exact) mass is 365 g/mol. The van der Waals surface area contributed by atoms with E-state index in [2.05, 4.69) is 15.3 Å². The van der Waals surface area contributed by atoms with Crippen LogP contribution in [-0.2, 0) is 6.54 Å². The van der Waals surface area contributed by atoms with Crippen molar-refractivity contribution < 1.29 is 0 Å². The molecule has 0 aliphatic carbocycles. The SMILES string of the molecule is Cc1ccc(-n2nnc3c(=O)n(Cc4ccccc4C)cnc32)cc1Cl. The van der Waals surface area contributed by atoms with Gasteiger partial charge in [-0.1, -0.05) is 47.1 Å². The van der Waals surface area contributed by atoms with Crippen LogP contribution in [0.4, 0.5) is 0 Å². The third-order valence-corrected chi connectivity index (χ3v) is 4.84. The maximum Gasteiger partial charge on any atom is 0.283 e. The minimum Gasteiger partial charge on any atom is -0.293 e. The van der Waals surface area contributed by atoms with E-state index in [9.17, 15) is 4.79 Å². The Bertz CT molecular complexity index is 1180. The average molecular weight is 366 g/mol. The molecule has 0 amide bonds. The quantitative estimate of drug-likeness (QED) is 0.558. The molecule has 7 heteroatoms. The standard InChI is InChI=1S/C19H16ClN5O/c1-12-5-3-4-6-14(12)10-24-11-21-18-17(19(24)26)22-23-25(18)15-8-7-13(2)16(20)9-15/h3-9,11H,10H2,1-2H3. The molecule has 0 bridgehead atoms. The van der Waals surface area contributed by atoms with E-state index in [1.54, 1.807) is 10.6 Å². The Balaban J connectivity index is 1.79. The van der Waals surface area contributed by atoms with Crippen LogP contribution in [0.1, 0.15) is 16.7 Å². The Labute approximate surface area is 154 Å². The molecular weight excluding hydrogens is 350 g/mol. The molecule has 0 N–H and O–H groups in total. The molecular formula is C19H16ClN5O. The smallest absolute Gasteiger partial charge is 0.283 e. The van der Waals surface area contributed by atoms with Crippen molar-refractivity contribution >= 4 is 22.8 Å². The van der Waals surface area contributed by atoms with Crippen molar-refractivity contribution in [2.45, 2.75) is 20.4 Å². The van der Waals surface area contributed by atoms with E-state index in [4.69, 9.17) is 11.6 Å². The van der Waals surface area contributed by atoms with Gasteiger partial charge >= 0.3 is 0 Å². The van der Waals surface area contributed by atoms with Gasteiger partial charge in [0, 0.05) is 5.02 Å². The summed E-state index contributed by atoms with van der Waals surface area (Å²) in [6, 6.07) is 13.5. The fourth-order valence-electron chi connectivity index (χ4n) is 2.82. The summed E-state index contributed by atoms with van der Waals surface area (Å²) in [5, 5.41) is 8.76. The summed E-state index contributed by atoms with van der Waals surface area (Å²) in [5.74, 6) is 0. The normalized spacial score (nSPS) is 11.2. The van der Waals surface area contributed by atoms with Gasteiger partial charge in [-0.2, -0.15) is 4.68 Å². The van der Waals surface area contributed by atoms with Gasteiger partial charge in [-0.3, -0.25) is 9.36 Å². The molecule has 6 nitrogen and oxygen atoms in total. The number of aryl methyl sites for hydroxylation is 2. The highest BCUT2D eigenvalue weighted by atomic mass is 35.5. The van der Waals surface area contributed by atoms with Crippen LogP contribution in [0.5, 0.6) is 0 Å². The molecule has 0 saturated heterocycles. The molecule has 2 aromatic carbocycles. The Morgan fingerprint density at radius 2 is 1.88 bits per heavy atom. The summed E-state index contributed by atoms with van der Waals surface area (Å²) >= 11 is 6.20. The van der Waals surface area contributed by atoms with Crippen molar-refractivity contribution in [2.75, 3.05) is 0 Å². The minimum absolute atomic E-state index is 0.220. The topological polar surface area (TPSA) is 65.6 Å². The van der Waals surface area contributed by atoms with E-state index in [1.807, 2.05) is 50.2 Å². The van der Waals surface area contributed by atoms with Gasteiger partial charge in [0.2, 0.25) is 0 Å². The van der Waals surface area contributed by atoms with Crippen molar-refractivity contribution in [3.8, 4) is 5.69 Å². The lowest BCUT2D eigenvalue weighted by molar-refractivity contribution is 0.741. The highest BCUT2D eigenvalue weighted by molar-refractivity contribution is 6.31. The first-order valence-electron chi connectivity index (χ1n) is 8.16. The zero-order chi connectivity index (χ0) is 18.3. The Morgan fingerprint density at radius 3 is 2.65 bits per heavy atom. The van der Waals surface area contributed by atoms with E-state index in [1.165, 1.54) is 11.0 Å². The number of halogens is 1. The van der Waals surface area contributed by atoms with E-state index >= 15 is 0 Å². The fourth-order valence-corrected chi connectivity index (χ4v) is 2.99. The van der Waals surface area contributed by atoms with Gasteiger partial charge in [0.1, 0.15) is 6.33 Å². The molecule has 0 atom stereocenters. The lowest BCUT2D eigenvalue weighted by Crippen LogP contribution is -2.22. The van der Waals surface area contributed by atoms with Gasteiger partial charge in [-0.05, 0) is 42.7 Å². The van der Waals surface area contributed by atoms with Gasteiger partial charge in [0.05, 0.1) is 12.2 Å². The number of benzene rings is 2. The second-order valence-corrected chi connectivity index (χ2v) is 6.62. The van der Waals surface area contributed by atoms with Gasteiger partial charge in [0.25, 0.3) is 5.56 Å². The highest BCUT2D eigenvalue weighted by Crippen LogP contribution is 2.20. The predicted molar refractivity (Wildman–Crippen MR) is 101 cm³/mol. The number of rotatable bonds is 3. The number of aromatic nitrogens is 5. The second-order valence-electron chi connectivity index (χ2n) is 6.21. The van der Waals surface area contributed by atoms with Crippen LogP contribution in [-0.4, -0.2) is 24.5 Å². The van der Waals surface area contributed by atoms with Crippen LogP contribution < -0.4 is 5.56 Å². The van der Waals surface area contributed by atoms with Gasteiger partial charge in [-0.15, -0.1) is 5.10 Å². The molecule has 0 aliphatic rings. The second kappa shape index (κ2) is 6.38. The third kappa shape index (κ3) is 2.78. The summed E-state index contributed by atoms with van der Waals surface area (Å²) in [7, 11) is 0. The van der Waals surface area contributed by atoms with E-state index in [-0.39, 0.29) is 11.1 Å². The molecule has 2 aromatic heterocycles. The predicted octanol–water partition coefficient (Wildman–Crippen LogP) is 3.30. The molecule has 0 saturated carbocycles. The summed E-state index contributed by atoms with van der Waals surface area (Å²) < 4.78 is 3.08. The van der Waals surface area contributed by atoms with Crippen LogP contribution in [0.15, 0.2) is 53.6 Å². The molecule has 4 aromatic rings. The number of fused-ring (bicyclic) bond motifs is 1. The zero-order valence-corrected chi connectivity index (χ0v) is 15.1. The maximum absolute atomic E-state index is 12.8. The van der Waals surface area contributed by atoms with Crippen LogP contribution in [0, 0.1) is 13.8 Å². The first kappa shape index (κ1) is 16.5. The van der Waals surface area contributed by atoms with E-state index in [0.717, 1.165) is 16.7 Å². The van der Waals surface area contributed by atoms with E-state index in [0.29, 0.717) is 22.9 Å². The van der Waals surface area contributed by atoms with Crippen molar-refractivity contribution in [3.05, 3.63) is 80.9 Å². The molecule has 0 spiro atoms. The molecule has 130 valence electrons. The largest absolute Gasteiger partial charge is 0.293 e. The first-order valence-corrected chi connectivity index (χ1v) is 8.54. The highest BCUT2D eigenvalue weighted by Gasteiger charge is 2.14. The van der Waals surface area contributed by atoms with Crippen molar-refractivity contribution in [2.24, 2.45) is 0 Å². The molecule has 0 fully saturated rings. The van der Waals surface area contributed by atoms with Gasteiger partial charge in [-0.25, -0.2) is 4.98 Å². The summed E-state index contributed by atoms with van der Waals surface area (Å²) in [5.41, 5.74) is 4.29. The molecule has 26 heavy (non-hydrogen) atoms. The van der Waals surface area contributed by atoms with Gasteiger partial charge < -0.3 is 0 Å². The van der Waals surface area contributed by atoms with Crippen LogP contribution in [0.25, 0.3) is 16.9 Å². The number of nitrogens with zero attached hydrogens (tertiary/aromatic N) is 5. The van der Waals surface area contributed by atoms with Gasteiger partial charge in [0.15, 0.2) is 11.2 Å². The molecule has 0 unspecified atom stereocenters. The number of hydrogen-bond acceptors (Lipinski definition) is 4. The fraction of sp³-hybridized carbons (Fsp3) is 0.158. The minimum atomic E-state index is -0.220. The van der Waals surface area contributed by atoms with Crippen molar-refractivity contribution in [3.63, 3.8) is 0 Å². The van der Waals surface area contributed by atoms with Crippen LogP contribution >= 0.6 is 11.6 Å². The Morgan fingerprint density at radius 1 is 1.08 bits per heavy atom. The summed E-state index contributed by atoms with van der Waals surface area (Å²) in [4.78, 5) is 17.2. The lowest BCUT2D eigenvalue weighted by atomic mass is 10.1.